The van der Waals surface area contributed by atoms with Crippen LogP contribution in [0.2, 0.25) is 5.02 Å². The van der Waals surface area contributed by atoms with E-state index in [0.29, 0.717) is 37.1 Å². The third-order valence-electron chi connectivity index (χ3n) is 3.26. The summed E-state index contributed by atoms with van der Waals surface area (Å²) < 4.78 is 10.8. The zero-order chi connectivity index (χ0) is 14.4. The van der Waals surface area contributed by atoms with Crippen molar-refractivity contribution in [1.82, 2.24) is 4.90 Å². The quantitative estimate of drug-likeness (QED) is 0.813. The van der Waals surface area contributed by atoms with Crippen LogP contribution in [0.3, 0.4) is 0 Å². The van der Waals surface area contributed by atoms with Crippen LogP contribution in [-0.4, -0.2) is 66.8 Å². The molecule has 1 fully saturated rings. The number of halogens is 1. The first kappa shape index (κ1) is 15.5. The molecule has 0 amide bonds. The van der Waals surface area contributed by atoms with Crippen LogP contribution in [0.15, 0.2) is 24.3 Å². The Balaban J connectivity index is 1.76. The van der Waals surface area contributed by atoms with Crippen LogP contribution in [0.5, 0.6) is 5.75 Å². The van der Waals surface area contributed by atoms with Crippen LogP contribution in [0.1, 0.15) is 0 Å². The van der Waals surface area contributed by atoms with Gasteiger partial charge in [-0.1, -0.05) is 11.6 Å². The van der Waals surface area contributed by atoms with Crippen LogP contribution in [0, 0.1) is 0 Å². The Hall–Kier alpha value is -0.850. The molecule has 2 atom stereocenters. The number of β-amino-alcohol motifs (C(OH)–C–C–N with tert-alkyl or cyclic N) is 1. The molecular formula is C14H20ClNO4. The van der Waals surface area contributed by atoms with Gasteiger partial charge in [0.25, 0.3) is 0 Å². The Morgan fingerprint density at radius 2 is 2.15 bits per heavy atom. The van der Waals surface area contributed by atoms with Gasteiger partial charge in [-0.3, -0.25) is 4.90 Å². The summed E-state index contributed by atoms with van der Waals surface area (Å²) in [6.07, 6.45) is -0.613. The topological polar surface area (TPSA) is 62.2 Å². The van der Waals surface area contributed by atoms with E-state index in [2.05, 4.69) is 0 Å². The van der Waals surface area contributed by atoms with Crippen molar-refractivity contribution in [2.75, 3.05) is 39.5 Å². The lowest BCUT2D eigenvalue weighted by molar-refractivity contribution is -0.0480. The highest BCUT2D eigenvalue weighted by atomic mass is 35.5. The fraction of sp³-hybridized carbons (Fsp3) is 0.571. The summed E-state index contributed by atoms with van der Waals surface area (Å²) in [5.41, 5.74) is 0. The minimum atomic E-state index is -0.613. The van der Waals surface area contributed by atoms with Gasteiger partial charge in [0.05, 0.1) is 25.9 Å². The Labute approximate surface area is 123 Å². The minimum absolute atomic E-state index is 0.0325. The molecular weight excluding hydrogens is 282 g/mol. The summed E-state index contributed by atoms with van der Waals surface area (Å²) >= 11 is 5.79. The van der Waals surface area contributed by atoms with E-state index >= 15 is 0 Å². The summed E-state index contributed by atoms with van der Waals surface area (Å²) in [6, 6.07) is 6.97. The van der Waals surface area contributed by atoms with E-state index in [1.165, 1.54) is 0 Å². The smallest absolute Gasteiger partial charge is 0.119 e. The zero-order valence-corrected chi connectivity index (χ0v) is 12.0. The van der Waals surface area contributed by atoms with Crippen molar-refractivity contribution in [1.29, 1.82) is 0 Å². The van der Waals surface area contributed by atoms with Crippen LogP contribution in [0.4, 0.5) is 0 Å². The van der Waals surface area contributed by atoms with Crippen LogP contribution in [0.25, 0.3) is 0 Å². The van der Waals surface area contributed by atoms with Gasteiger partial charge >= 0.3 is 0 Å². The van der Waals surface area contributed by atoms with Gasteiger partial charge in [0.1, 0.15) is 18.5 Å². The fourth-order valence-corrected chi connectivity index (χ4v) is 2.27. The molecule has 0 spiro atoms. The molecule has 5 nitrogen and oxygen atoms in total. The van der Waals surface area contributed by atoms with E-state index in [0.717, 1.165) is 0 Å². The van der Waals surface area contributed by atoms with Crippen molar-refractivity contribution < 1.29 is 19.7 Å². The highest BCUT2D eigenvalue weighted by molar-refractivity contribution is 6.30. The normalized spacial score (nSPS) is 21.6. The number of morpholine rings is 1. The molecule has 6 heteroatoms. The molecule has 1 aromatic rings. The molecule has 2 N–H and O–H groups in total. The van der Waals surface area contributed by atoms with Crippen LogP contribution < -0.4 is 4.74 Å². The van der Waals surface area contributed by atoms with Crippen molar-refractivity contribution in [2.24, 2.45) is 0 Å². The summed E-state index contributed by atoms with van der Waals surface area (Å²) in [6.45, 7) is 2.54. The number of hydrogen-bond donors (Lipinski definition) is 2. The Morgan fingerprint density at radius 3 is 2.85 bits per heavy atom. The molecule has 0 radical (unpaired) electrons. The Kier molecular flexibility index (Phi) is 6.06. The SMILES string of the molecule is OC[C@@H]1COCCN1C[C@H](O)COc1ccc(Cl)cc1. The molecule has 112 valence electrons. The second kappa shape index (κ2) is 7.81. The molecule has 2 rings (SSSR count). The molecule has 1 aliphatic rings. The monoisotopic (exact) mass is 301 g/mol. The van der Waals surface area contributed by atoms with E-state index in [-0.39, 0.29) is 19.3 Å². The van der Waals surface area contributed by atoms with Gasteiger partial charge < -0.3 is 19.7 Å². The summed E-state index contributed by atoms with van der Waals surface area (Å²) in [4.78, 5) is 2.03. The van der Waals surface area contributed by atoms with Crippen molar-refractivity contribution in [3.05, 3.63) is 29.3 Å². The van der Waals surface area contributed by atoms with Gasteiger partial charge in [-0.15, -0.1) is 0 Å². The summed E-state index contributed by atoms with van der Waals surface area (Å²) in [5, 5.41) is 19.9. The fourth-order valence-electron chi connectivity index (χ4n) is 2.14. The highest BCUT2D eigenvalue weighted by Gasteiger charge is 2.24. The number of benzene rings is 1. The summed E-state index contributed by atoms with van der Waals surface area (Å²) in [7, 11) is 0. The maximum atomic E-state index is 10.0. The van der Waals surface area contributed by atoms with E-state index in [1.807, 2.05) is 4.90 Å². The average molecular weight is 302 g/mol. The van der Waals surface area contributed by atoms with E-state index in [1.54, 1.807) is 24.3 Å². The molecule has 0 bridgehead atoms. The highest BCUT2D eigenvalue weighted by Crippen LogP contribution is 2.16. The van der Waals surface area contributed by atoms with Gasteiger partial charge in [-0.2, -0.15) is 0 Å². The number of ether oxygens (including phenoxy) is 2. The third-order valence-corrected chi connectivity index (χ3v) is 3.51. The maximum Gasteiger partial charge on any atom is 0.119 e. The summed E-state index contributed by atoms with van der Waals surface area (Å²) in [5.74, 6) is 0.675. The second-order valence-electron chi connectivity index (χ2n) is 4.82. The zero-order valence-electron chi connectivity index (χ0n) is 11.2. The molecule has 20 heavy (non-hydrogen) atoms. The predicted octanol–water partition coefficient (Wildman–Crippen LogP) is 0.773. The Bertz CT molecular complexity index is 401. The average Bonchev–Trinajstić information content (AvgIpc) is 2.47. The molecule has 0 aliphatic carbocycles. The molecule has 1 saturated heterocycles. The first-order valence-corrected chi connectivity index (χ1v) is 7.06. The number of aliphatic hydroxyl groups is 2. The van der Waals surface area contributed by atoms with Crippen molar-refractivity contribution >= 4 is 11.6 Å². The molecule has 0 saturated carbocycles. The van der Waals surface area contributed by atoms with Gasteiger partial charge in [0.15, 0.2) is 0 Å². The predicted molar refractivity (Wildman–Crippen MR) is 76.2 cm³/mol. The first-order chi connectivity index (χ1) is 9.69. The van der Waals surface area contributed by atoms with Gasteiger partial charge in [-0.25, -0.2) is 0 Å². The third kappa shape index (κ3) is 4.61. The van der Waals surface area contributed by atoms with E-state index in [4.69, 9.17) is 21.1 Å². The number of aliphatic hydroxyl groups excluding tert-OH is 2. The Morgan fingerprint density at radius 1 is 1.40 bits per heavy atom. The van der Waals surface area contributed by atoms with Crippen molar-refractivity contribution in [3.63, 3.8) is 0 Å². The van der Waals surface area contributed by atoms with E-state index < -0.39 is 6.10 Å². The molecule has 0 unspecified atom stereocenters. The van der Waals surface area contributed by atoms with Gasteiger partial charge in [-0.05, 0) is 24.3 Å². The van der Waals surface area contributed by atoms with Gasteiger partial charge in [0, 0.05) is 18.1 Å². The minimum Gasteiger partial charge on any atom is -0.491 e. The molecule has 1 heterocycles. The standard InChI is InChI=1S/C14H20ClNO4/c15-11-1-3-14(4-2-11)20-10-13(18)7-16-5-6-19-9-12(16)8-17/h1-4,12-13,17-18H,5-10H2/t12-,13+/m1/s1. The number of hydrogen-bond acceptors (Lipinski definition) is 5. The second-order valence-corrected chi connectivity index (χ2v) is 5.26. The number of nitrogens with zero attached hydrogens (tertiary/aromatic N) is 1. The lowest BCUT2D eigenvalue weighted by Gasteiger charge is -2.35. The maximum absolute atomic E-state index is 10.0. The molecule has 0 aromatic heterocycles. The van der Waals surface area contributed by atoms with Gasteiger partial charge in [0.2, 0.25) is 0 Å². The molecule has 1 aliphatic heterocycles. The first-order valence-electron chi connectivity index (χ1n) is 6.68. The number of rotatable bonds is 6. The van der Waals surface area contributed by atoms with Crippen molar-refractivity contribution in [2.45, 2.75) is 12.1 Å². The lowest BCUT2D eigenvalue weighted by Crippen LogP contribution is -2.50. The molecule has 1 aromatic carbocycles. The van der Waals surface area contributed by atoms with Crippen LogP contribution in [-0.2, 0) is 4.74 Å². The van der Waals surface area contributed by atoms with Crippen LogP contribution >= 0.6 is 11.6 Å². The largest absolute Gasteiger partial charge is 0.491 e. The van der Waals surface area contributed by atoms with E-state index in [9.17, 15) is 10.2 Å². The lowest BCUT2D eigenvalue weighted by atomic mass is 10.2. The van der Waals surface area contributed by atoms with Crippen molar-refractivity contribution in [3.8, 4) is 5.75 Å².